The molecule has 0 aromatic carbocycles. The number of amides is 1. The van der Waals surface area contributed by atoms with Gasteiger partial charge in [-0.3, -0.25) is 4.90 Å². The maximum atomic E-state index is 10.5. The monoisotopic (exact) mass is 154 g/mol. The highest BCUT2D eigenvalue weighted by Gasteiger charge is 2.25. The number of piperidine rings is 1. The van der Waals surface area contributed by atoms with E-state index in [0.717, 1.165) is 12.8 Å². The molecular formula is C7H10N2O2. The van der Waals surface area contributed by atoms with E-state index in [-0.39, 0.29) is 0 Å². The molecule has 1 heterocycles. The molecule has 1 fully saturated rings. The highest BCUT2D eigenvalue weighted by atomic mass is 16.4. The molecule has 1 amide bonds. The quantitative estimate of drug-likeness (QED) is 0.567. The summed E-state index contributed by atoms with van der Waals surface area (Å²) in [5.74, 6) is 0. The molecular weight excluding hydrogens is 144 g/mol. The van der Waals surface area contributed by atoms with E-state index in [1.165, 1.54) is 4.90 Å². The van der Waals surface area contributed by atoms with Gasteiger partial charge in [0.05, 0.1) is 6.07 Å². The maximum Gasteiger partial charge on any atom is 0.408 e. The van der Waals surface area contributed by atoms with Crippen molar-refractivity contribution in [1.82, 2.24) is 4.90 Å². The first kappa shape index (κ1) is 7.86. The molecule has 0 aromatic heterocycles. The molecule has 1 saturated heterocycles. The normalized spacial score (nSPS) is 24.3. The first-order valence-corrected chi connectivity index (χ1v) is 3.65. The molecule has 0 spiro atoms. The van der Waals surface area contributed by atoms with E-state index in [2.05, 4.69) is 0 Å². The summed E-state index contributed by atoms with van der Waals surface area (Å²) < 4.78 is 0. The minimum absolute atomic E-state index is 0.416. The Bertz CT molecular complexity index is 197. The zero-order valence-corrected chi connectivity index (χ0v) is 6.16. The molecule has 1 unspecified atom stereocenters. The van der Waals surface area contributed by atoms with E-state index in [1.807, 2.05) is 6.07 Å². The standard InChI is InChI=1S/C7H10N2O2/c8-5-6-3-1-2-4-9(6)7(10)11/h6H,1-4H2,(H,10,11). The molecule has 0 bridgehead atoms. The van der Waals surface area contributed by atoms with Gasteiger partial charge in [0, 0.05) is 6.54 Å². The third-order valence-corrected chi connectivity index (χ3v) is 1.90. The second kappa shape index (κ2) is 3.24. The van der Waals surface area contributed by atoms with Crippen molar-refractivity contribution in [3.63, 3.8) is 0 Å². The summed E-state index contributed by atoms with van der Waals surface area (Å²) in [5, 5.41) is 17.2. The Balaban J connectivity index is 2.60. The average molecular weight is 154 g/mol. The van der Waals surface area contributed by atoms with Crippen LogP contribution in [0.4, 0.5) is 4.79 Å². The zero-order chi connectivity index (χ0) is 8.27. The molecule has 0 aliphatic carbocycles. The summed E-state index contributed by atoms with van der Waals surface area (Å²) in [6.45, 7) is 0.508. The molecule has 60 valence electrons. The van der Waals surface area contributed by atoms with E-state index >= 15 is 0 Å². The van der Waals surface area contributed by atoms with Crippen LogP contribution in [-0.2, 0) is 0 Å². The molecule has 4 heteroatoms. The highest BCUT2D eigenvalue weighted by molar-refractivity contribution is 5.66. The minimum atomic E-state index is -0.976. The molecule has 0 radical (unpaired) electrons. The Morgan fingerprint density at radius 3 is 2.82 bits per heavy atom. The van der Waals surface area contributed by atoms with Crippen LogP contribution >= 0.6 is 0 Å². The predicted octanol–water partition coefficient (Wildman–Crippen LogP) is 1.04. The van der Waals surface area contributed by atoms with Crippen LogP contribution in [0.2, 0.25) is 0 Å². The van der Waals surface area contributed by atoms with E-state index in [0.29, 0.717) is 13.0 Å². The number of nitriles is 1. The van der Waals surface area contributed by atoms with Gasteiger partial charge in [-0.1, -0.05) is 0 Å². The van der Waals surface area contributed by atoms with E-state index < -0.39 is 12.1 Å². The molecule has 1 N–H and O–H groups in total. The zero-order valence-electron chi connectivity index (χ0n) is 6.16. The first-order valence-electron chi connectivity index (χ1n) is 3.65. The van der Waals surface area contributed by atoms with Crippen LogP contribution in [0.3, 0.4) is 0 Å². The van der Waals surface area contributed by atoms with Crippen molar-refractivity contribution in [3.8, 4) is 6.07 Å². The topological polar surface area (TPSA) is 64.3 Å². The second-order valence-corrected chi connectivity index (χ2v) is 2.62. The van der Waals surface area contributed by atoms with Crippen LogP contribution in [-0.4, -0.2) is 28.7 Å². The summed E-state index contributed by atoms with van der Waals surface area (Å²) in [6.07, 6.45) is 1.55. The Morgan fingerprint density at radius 2 is 2.36 bits per heavy atom. The average Bonchev–Trinajstić information content (AvgIpc) is 2.04. The van der Waals surface area contributed by atoms with Crippen molar-refractivity contribution in [3.05, 3.63) is 0 Å². The largest absolute Gasteiger partial charge is 0.465 e. The smallest absolute Gasteiger partial charge is 0.408 e. The van der Waals surface area contributed by atoms with Gasteiger partial charge < -0.3 is 5.11 Å². The number of hydrogen-bond donors (Lipinski definition) is 1. The van der Waals surface area contributed by atoms with E-state index in [4.69, 9.17) is 10.4 Å². The molecule has 4 nitrogen and oxygen atoms in total. The lowest BCUT2D eigenvalue weighted by Gasteiger charge is -2.28. The van der Waals surface area contributed by atoms with Gasteiger partial charge in [0.25, 0.3) is 0 Å². The SMILES string of the molecule is N#CC1CCCCN1C(=O)O. The first-order chi connectivity index (χ1) is 5.25. The van der Waals surface area contributed by atoms with Crippen molar-refractivity contribution in [2.24, 2.45) is 0 Å². The van der Waals surface area contributed by atoms with Crippen LogP contribution in [0.25, 0.3) is 0 Å². The summed E-state index contributed by atoms with van der Waals surface area (Å²) in [6, 6.07) is 1.56. The fourth-order valence-corrected chi connectivity index (χ4v) is 1.29. The summed E-state index contributed by atoms with van der Waals surface area (Å²) in [7, 11) is 0. The lowest BCUT2D eigenvalue weighted by Crippen LogP contribution is -2.41. The fraction of sp³-hybridized carbons (Fsp3) is 0.714. The number of hydrogen-bond acceptors (Lipinski definition) is 2. The Kier molecular flexibility index (Phi) is 2.32. The second-order valence-electron chi connectivity index (χ2n) is 2.62. The predicted molar refractivity (Wildman–Crippen MR) is 38.0 cm³/mol. The number of rotatable bonds is 0. The van der Waals surface area contributed by atoms with Crippen LogP contribution in [0.5, 0.6) is 0 Å². The third kappa shape index (κ3) is 1.61. The van der Waals surface area contributed by atoms with Crippen molar-refractivity contribution < 1.29 is 9.90 Å². The van der Waals surface area contributed by atoms with Crippen LogP contribution < -0.4 is 0 Å². The number of nitrogens with zero attached hydrogens (tertiary/aromatic N) is 2. The molecule has 11 heavy (non-hydrogen) atoms. The van der Waals surface area contributed by atoms with Crippen molar-refractivity contribution in [2.45, 2.75) is 25.3 Å². The van der Waals surface area contributed by atoms with Crippen molar-refractivity contribution in [1.29, 1.82) is 5.26 Å². The van der Waals surface area contributed by atoms with Gasteiger partial charge in [0.15, 0.2) is 0 Å². The van der Waals surface area contributed by atoms with Gasteiger partial charge in [-0.15, -0.1) is 0 Å². The van der Waals surface area contributed by atoms with Gasteiger partial charge in [0.1, 0.15) is 6.04 Å². The van der Waals surface area contributed by atoms with Gasteiger partial charge in [-0.05, 0) is 19.3 Å². The van der Waals surface area contributed by atoms with E-state index in [1.54, 1.807) is 0 Å². The molecule has 1 atom stereocenters. The Labute approximate surface area is 65.0 Å². The van der Waals surface area contributed by atoms with Gasteiger partial charge in [-0.2, -0.15) is 5.26 Å². The Morgan fingerprint density at radius 1 is 1.64 bits per heavy atom. The van der Waals surface area contributed by atoms with Crippen LogP contribution in [0, 0.1) is 11.3 Å². The number of likely N-dealkylation sites (tertiary alicyclic amines) is 1. The summed E-state index contributed by atoms with van der Waals surface area (Å²) in [5.41, 5.74) is 0. The van der Waals surface area contributed by atoms with E-state index in [9.17, 15) is 4.79 Å². The molecule has 1 aliphatic heterocycles. The minimum Gasteiger partial charge on any atom is -0.465 e. The van der Waals surface area contributed by atoms with Crippen LogP contribution in [0.1, 0.15) is 19.3 Å². The highest BCUT2D eigenvalue weighted by Crippen LogP contribution is 2.15. The van der Waals surface area contributed by atoms with Gasteiger partial charge >= 0.3 is 6.09 Å². The maximum absolute atomic E-state index is 10.5. The van der Waals surface area contributed by atoms with Gasteiger partial charge in [0.2, 0.25) is 0 Å². The van der Waals surface area contributed by atoms with Gasteiger partial charge in [-0.25, -0.2) is 4.79 Å². The number of carboxylic acid groups (broad SMARTS) is 1. The number of carbonyl (C=O) groups is 1. The lowest BCUT2D eigenvalue weighted by atomic mass is 10.0. The third-order valence-electron chi connectivity index (χ3n) is 1.90. The summed E-state index contributed by atoms with van der Waals surface area (Å²) in [4.78, 5) is 11.7. The van der Waals surface area contributed by atoms with Crippen LogP contribution in [0.15, 0.2) is 0 Å². The molecule has 0 aromatic rings. The van der Waals surface area contributed by atoms with Crippen molar-refractivity contribution in [2.75, 3.05) is 6.54 Å². The molecule has 1 aliphatic rings. The van der Waals surface area contributed by atoms with Crippen molar-refractivity contribution >= 4 is 6.09 Å². The summed E-state index contributed by atoms with van der Waals surface area (Å²) >= 11 is 0. The Hall–Kier alpha value is -1.24. The molecule has 0 saturated carbocycles. The lowest BCUT2D eigenvalue weighted by molar-refractivity contribution is 0.121. The molecule has 1 rings (SSSR count). The fourth-order valence-electron chi connectivity index (χ4n) is 1.29.